The van der Waals surface area contributed by atoms with Crippen molar-refractivity contribution in [2.24, 2.45) is 0 Å². The molecule has 0 bridgehead atoms. The van der Waals surface area contributed by atoms with Crippen LogP contribution in [0.3, 0.4) is 0 Å². The van der Waals surface area contributed by atoms with Crippen molar-refractivity contribution in [2.75, 3.05) is 5.32 Å². The highest BCUT2D eigenvalue weighted by Gasteiger charge is 2.30. The number of carbonyl (C=O) groups excluding carboxylic acids is 2. The molecule has 2 amide bonds. The van der Waals surface area contributed by atoms with Gasteiger partial charge in [-0.3, -0.25) is 9.59 Å². The average Bonchev–Trinajstić information content (AvgIpc) is 3.01. The van der Waals surface area contributed by atoms with Crippen LogP contribution in [0.5, 0.6) is 0 Å². The lowest BCUT2D eigenvalue weighted by Gasteiger charge is -2.24. The summed E-state index contributed by atoms with van der Waals surface area (Å²) in [5, 5.41) is 6.25. The lowest BCUT2D eigenvalue weighted by atomic mass is 9.89. The molecule has 1 atom stereocenters. The van der Waals surface area contributed by atoms with Crippen molar-refractivity contribution in [2.45, 2.75) is 18.9 Å². The number of rotatable bonds is 3. The van der Waals surface area contributed by atoms with Gasteiger partial charge in [0.2, 0.25) is 11.8 Å². The summed E-state index contributed by atoms with van der Waals surface area (Å²) in [7, 11) is 0. The first-order valence-electron chi connectivity index (χ1n) is 7.81. The maximum absolute atomic E-state index is 13.4. The van der Waals surface area contributed by atoms with Crippen LogP contribution in [0, 0.1) is 5.82 Å². The maximum atomic E-state index is 13.4. The van der Waals surface area contributed by atoms with Gasteiger partial charge in [0.15, 0.2) is 0 Å². The molecule has 5 nitrogen and oxygen atoms in total. The number of para-hydroxylation sites is 1. The van der Waals surface area contributed by atoms with E-state index in [4.69, 9.17) is 0 Å². The summed E-state index contributed by atoms with van der Waals surface area (Å²) in [6, 6.07) is 11.8. The Morgan fingerprint density at radius 1 is 1.32 bits per heavy atom. The van der Waals surface area contributed by atoms with E-state index in [1.54, 1.807) is 6.07 Å². The van der Waals surface area contributed by atoms with Gasteiger partial charge in [0, 0.05) is 12.1 Å². The zero-order valence-corrected chi connectivity index (χ0v) is 13.9. The molecular formula is C18H14FN3O2S. The molecule has 0 spiro atoms. The second-order valence-electron chi connectivity index (χ2n) is 5.83. The molecule has 1 aromatic heterocycles. The number of amides is 2. The SMILES string of the molecule is O=C1CC(C(=O)NCc2nc3ccccc3s2)c2ccc(F)cc2N1. The standard InChI is InChI=1S/C18H14FN3O2S/c19-10-5-6-11-12(8-16(23)21-14(11)7-10)18(24)20-9-17-22-13-3-1-2-4-15(13)25-17/h1-7,12H,8-9H2,(H,20,24)(H,21,23). The monoisotopic (exact) mass is 355 g/mol. The normalized spacial score (nSPS) is 16.4. The molecule has 0 saturated carbocycles. The third-order valence-electron chi connectivity index (χ3n) is 4.12. The fourth-order valence-electron chi connectivity index (χ4n) is 2.95. The van der Waals surface area contributed by atoms with Gasteiger partial charge in [0.05, 0.1) is 22.7 Å². The Labute approximate surface area is 146 Å². The summed E-state index contributed by atoms with van der Waals surface area (Å²) >= 11 is 1.52. The van der Waals surface area contributed by atoms with E-state index >= 15 is 0 Å². The summed E-state index contributed by atoms with van der Waals surface area (Å²) < 4.78 is 14.4. The highest BCUT2D eigenvalue weighted by molar-refractivity contribution is 7.18. The highest BCUT2D eigenvalue weighted by Crippen LogP contribution is 2.33. The minimum atomic E-state index is -0.626. The summed E-state index contributed by atoms with van der Waals surface area (Å²) in [5.74, 6) is -1.63. The molecule has 4 rings (SSSR count). The lowest BCUT2D eigenvalue weighted by Crippen LogP contribution is -2.34. The number of aromatic nitrogens is 1. The van der Waals surface area contributed by atoms with Crippen molar-refractivity contribution < 1.29 is 14.0 Å². The van der Waals surface area contributed by atoms with Gasteiger partial charge in [-0.1, -0.05) is 18.2 Å². The Balaban J connectivity index is 1.52. The quantitative estimate of drug-likeness (QED) is 0.758. The maximum Gasteiger partial charge on any atom is 0.228 e. The lowest BCUT2D eigenvalue weighted by molar-refractivity contribution is -0.126. The molecule has 126 valence electrons. The molecule has 1 unspecified atom stereocenters. The molecule has 2 heterocycles. The fraction of sp³-hybridized carbons (Fsp3) is 0.167. The first kappa shape index (κ1) is 15.7. The van der Waals surface area contributed by atoms with Crippen molar-refractivity contribution in [3.8, 4) is 0 Å². The Morgan fingerprint density at radius 3 is 3.00 bits per heavy atom. The number of nitrogens with zero attached hydrogens (tertiary/aromatic N) is 1. The average molecular weight is 355 g/mol. The van der Waals surface area contributed by atoms with E-state index in [-0.39, 0.29) is 18.2 Å². The van der Waals surface area contributed by atoms with Gasteiger partial charge in [-0.25, -0.2) is 9.37 Å². The Bertz CT molecular complexity index is 952. The number of thiazole rings is 1. The Kier molecular flexibility index (Phi) is 3.93. The fourth-order valence-corrected chi connectivity index (χ4v) is 3.86. The van der Waals surface area contributed by atoms with Crippen molar-refractivity contribution in [3.05, 3.63) is 58.9 Å². The molecule has 25 heavy (non-hydrogen) atoms. The van der Waals surface area contributed by atoms with Crippen molar-refractivity contribution >= 4 is 39.1 Å². The van der Waals surface area contributed by atoms with E-state index in [0.29, 0.717) is 17.8 Å². The molecule has 2 aromatic carbocycles. The number of hydrogen-bond acceptors (Lipinski definition) is 4. The molecule has 2 N–H and O–H groups in total. The molecule has 0 saturated heterocycles. The molecule has 7 heteroatoms. The van der Waals surface area contributed by atoms with E-state index in [1.807, 2.05) is 24.3 Å². The molecule has 0 fully saturated rings. The molecule has 0 aliphatic carbocycles. The smallest absolute Gasteiger partial charge is 0.228 e. The van der Waals surface area contributed by atoms with Crippen LogP contribution in [-0.2, 0) is 16.1 Å². The number of carbonyl (C=O) groups is 2. The van der Waals surface area contributed by atoms with Crippen LogP contribution in [0.15, 0.2) is 42.5 Å². The van der Waals surface area contributed by atoms with Crippen molar-refractivity contribution in [3.63, 3.8) is 0 Å². The number of nitrogens with one attached hydrogen (secondary N) is 2. The topological polar surface area (TPSA) is 71.1 Å². The Morgan fingerprint density at radius 2 is 2.16 bits per heavy atom. The van der Waals surface area contributed by atoms with Crippen molar-refractivity contribution in [1.82, 2.24) is 10.3 Å². The summed E-state index contributed by atoms with van der Waals surface area (Å²) in [4.78, 5) is 28.9. The van der Waals surface area contributed by atoms with Crippen LogP contribution in [0.4, 0.5) is 10.1 Å². The third kappa shape index (κ3) is 3.10. The number of benzene rings is 2. The minimum Gasteiger partial charge on any atom is -0.349 e. The molecule has 3 aromatic rings. The number of fused-ring (bicyclic) bond motifs is 2. The van der Waals surface area contributed by atoms with Crippen LogP contribution in [0.2, 0.25) is 0 Å². The summed E-state index contributed by atoms with van der Waals surface area (Å²) in [6.45, 7) is 0.298. The Hall–Kier alpha value is -2.80. The van der Waals surface area contributed by atoms with Gasteiger partial charge in [-0.2, -0.15) is 0 Å². The summed E-state index contributed by atoms with van der Waals surface area (Å²) in [6.07, 6.45) is 0.0459. The van der Waals surface area contributed by atoms with E-state index in [1.165, 1.54) is 23.5 Å². The number of halogens is 1. The van der Waals surface area contributed by atoms with Gasteiger partial charge < -0.3 is 10.6 Å². The number of anilines is 1. The van der Waals surface area contributed by atoms with Crippen LogP contribution < -0.4 is 10.6 Å². The van der Waals surface area contributed by atoms with Gasteiger partial charge in [-0.15, -0.1) is 11.3 Å². The first-order valence-corrected chi connectivity index (χ1v) is 8.63. The zero-order chi connectivity index (χ0) is 17.4. The second-order valence-corrected chi connectivity index (χ2v) is 6.94. The zero-order valence-electron chi connectivity index (χ0n) is 13.1. The van der Waals surface area contributed by atoms with E-state index in [2.05, 4.69) is 15.6 Å². The van der Waals surface area contributed by atoms with E-state index in [0.717, 1.165) is 15.2 Å². The van der Waals surface area contributed by atoms with Crippen LogP contribution in [-0.4, -0.2) is 16.8 Å². The van der Waals surface area contributed by atoms with E-state index in [9.17, 15) is 14.0 Å². The van der Waals surface area contributed by atoms with Gasteiger partial charge in [-0.05, 0) is 29.8 Å². The van der Waals surface area contributed by atoms with Crippen LogP contribution in [0.1, 0.15) is 22.9 Å². The van der Waals surface area contributed by atoms with Gasteiger partial charge in [0.25, 0.3) is 0 Å². The van der Waals surface area contributed by atoms with Gasteiger partial charge in [0.1, 0.15) is 10.8 Å². The predicted octanol–water partition coefficient (Wildman–Crippen LogP) is 3.18. The number of hydrogen-bond donors (Lipinski definition) is 2. The molecule has 0 radical (unpaired) electrons. The largest absolute Gasteiger partial charge is 0.349 e. The minimum absolute atomic E-state index is 0.0459. The van der Waals surface area contributed by atoms with Crippen molar-refractivity contribution in [1.29, 1.82) is 0 Å². The molecule has 1 aliphatic heterocycles. The second kappa shape index (κ2) is 6.25. The van der Waals surface area contributed by atoms with Gasteiger partial charge >= 0.3 is 0 Å². The van der Waals surface area contributed by atoms with Crippen LogP contribution in [0.25, 0.3) is 10.2 Å². The molecular weight excluding hydrogens is 341 g/mol. The third-order valence-corrected chi connectivity index (χ3v) is 5.16. The van der Waals surface area contributed by atoms with Crippen LogP contribution >= 0.6 is 11.3 Å². The predicted molar refractivity (Wildman–Crippen MR) is 93.9 cm³/mol. The van der Waals surface area contributed by atoms with E-state index < -0.39 is 11.7 Å². The first-order chi connectivity index (χ1) is 12.1. The summed E-state index contributed by atoms with van der Waals surface area (Å²) in [5.41, 5.74) is 1.88. The molecule has 1 aliphatic rings. The highest BCUT2D eigenvalue weighted by atomic mass is 32.1.